The van der Waals surface area contributed by atoms with Gasteiger partial charge in [-0.1, -0.05) is 137 Å². The van der Waals surface area contributed by atoms with E-state index in [-0.39, 0.29) is 54.4 Å². The maximum atomic E-state index is 14.5. The number of methoxy groups -OCH3 is 2. The summed E-state index contributed by atoms with van der Waals surface area (Å²) in [5.41, 5.74) is 0.788. The molecule has 1 aliphatic heterocycles. The maximum absolute atomic E-state index is 14.5. The molecule has 0 unspecified atom stereocenters. The van der Waals surface area contributed by atoms with Gasteiger partial charge in [0.15, 0.2) is 0 Å². The lowest BCUT2D eigenvalue weighted by atomic mass is 9.89. The number of amides is 4. The summed E-state index contributed by atoms with van der Waals surface area (Å²) in [6, 6.07) is 5.93. The van der Waals surface area contributed by atoms with Crippen molar-refractivity contribution in [2.45, 2.75) is 181 Å². The van der Waals surface area contributed by atoms with Crippen LogP contribution in [0.4, 0.5) is 0 Å². The predicted molar refractivity (Wildman–Crippen MR) is 246 cm³/mol. The van der Waals surface area contributed by atoms with Gasteiger partial charge in [-0.15, -0.1) is 0 Å². The van der Waals surface area contributed by atoms with Crippen molar-refractivity contribution in [2.24, 2.45) is 23.7 Å². The molecule has 0 radical (unpaired) electrons. The lowest BCUT2D eigenvalue weighted by Crippen LogP contribution is -2.60. The third kappa shape index (κ3) is 16.5. The Morgan fingerprint density at radius 1 is 0.823 bits per heavy atom. The van der Waals surface area contributed by atoms with Crippen molar-refractivity contribution in [1.29, 1.82) is 0 Å². The van der Waals surface area contributed by atoms with Gasteiger partial charge < -0.3 is 35.0 Å². The van der Waals surface area contributed by atoms with Crippen LogP contribution < -0.4 is 10.6 Å². The molecule has 1 fully saturated rings. The number of likely N-dealkylation sites (tertiary alicyclic amines) is 1. The van der Waals surface area contributed by atoms with Gasteiger partial charge in [-0.3, -0.25) is 24.1 Å². The number of carbonyl (C=O) groups excluding carboxylic acids is 4. The molecule has 0 aliphatic carbocycles. The van der Waals surface area contributed by atoms with E-state index in [0.29, 0.717) is 19.4 Å². The highest BCUT2D eigenvalue weighted by molar-refractivity contribution is 5.90. The second kappa shape index (κ2) is 28.3. The Morgan fingerprint density at radius 3 is 1.97 bits per heavy atom. The summed E-state index contributed by atoms with van der Waals surface area (Å²) < 4.78 is 12.0. The lowest BCUT2D eigenvalue weighted by Gasteiger charge is -2.41. The Kier molecular flexibility index (Phi) is 24.9. The molecule has 0 bridgehead atoms. The van der Waals surface area contributed by atoms with Crippen LogP contribution in [0.15, 0.2) is 30.3 Å². The largest absolute Gasteiger partial charge is 0.480 e. The lowest BCUT2D eigenvalue weighted by molar-refractivity contribution is -0.148. The summed E-state index contributed by atoms with van der Waals surface area (Å²) in [7, 11) is 6.81. The SMILES string of the molecule is CCCCCCCCCCN(C)[C@H](C(=O)N[C@H](C(=O)N(C)[C@@H]([C@@H](C)CC)[C@@H](CC(=O)N1CCC[C@H]1[C@H](OC)[C@@H](C)C(=O)N[C@@H](Cc1ccccc1)C(=O)O)OC)C(C)C)C(C)C. The van der Waals surface area contributed by atoms with E-state index in [9.17, 15) is 29.1 Å². The number of hydrogen-bond acceptors (Lipinski definition) is 8. The van der Waals surface area contributed by atoms with Crippen LogP contribution in [-0.2, 0) is 39.9 Å². The summed E-state index contributed by atoms with van der Waals surface area (Å²) in [4.78, 5) is 74.2. The van der Waals surface area contributed by atoms with Gasteiger partial charge in [0, 0.05) is 34.2 Å². The quantitative estimate of drug-likeness (QED) is 0.0696. The molecule has 3 N–H and O–H groups in total. The number of ether oxygens (including phenoxy) is 2. The molecule has 1 aliphatic rings. The third-order valence-electron chi connectivity index (χ3n) is 13.1. The van der Waals surface area contributed by atoms with E-state index in [2.05, 4.69) is 22.5 Å². The van der Waals surface area contributed by atoms with Crippen LogP contribution in [0.25, 0.3) is 0 Å². The monoisotopic (exact) mass is 872 g/mol. The standard InChI is InChI=1S/C49H85N5O8/c1-13-15-16-17-18-19-20-24-29-52(9)43(34(5)6)47(57)51-42(33(3)4)48(58)53(10)44(35(7)14-2)40(61-11)32-41(55)54-30-25-28-39(54)45(62-12)36(8)46(56)50-38(49(59)60)31-37-26-22-21-23-27-37/h21-23,26-27,33-36,38-40,42-45H,13-20,24-25,28-32H2,1-12H3,(H,50,56)(H,51,57)(H,59,60)/t35-,36+,38-,39-,40+,42-,43-,44-,45+/m0/s1. The highest BCUT2D eigenvalue weighted by Crippen LogP contribution is 2.30. The molecule has 1 aromatic rings. The average Bonchev–Trinajstić information content (AvgIpc) is 3.72. The highest BCUT2D eigenvalue weighted by atomic mass is 16.5. The van der Waals surface area contributed by atoms with Crippen LogP contribution >= 0.6 is 0 Å². The molecule has 13 heteroatoms. The van der Waals surface area contributed by atoms with Crippen LogP contribution in [-0.4, -0.2) is 133 Å². The number of likely N-dealkylation sites (N-methyl/N-ethyl adjacent to an activating group) is 2. The molecule has 1 saturated heterocycles. The van der Waals surface area contributed by atoms with Crippen LogP contribution in [0, 0.1) is 23.7 Å². The van der Waals surface area contributed by atoms with Gasteiger partial charge in [-0.2, -0.15) is 0 Å². The number of carboxylic acids is 1. The van der Waals surface area contributed by atoms with Gasteiger partial charge in [0.05, 0.1) is 42.7 Å². The zero-order valence-electron chi connectivity index (χ0n) is 40.5. The van der Waals surface area contributed by atoms with E-state index in [4.69, 9.17) is 9.47 Å². The van der Waals surface area contributed by atoms with E-state index in [0.717, 1.165) is 31.4 Å². The molecule has 0 spiro atoms. The number of nitrogens with zero attached hydrogens (tertiary/aromatic N) is 3. The topological polar surface area (TPSA) is 158 Å². The Balaban J connectivity index is 2.20. The molecule has 0 saturated carbocycles. The Labute approximate surface area is 374 Å². The molecule has 62 heavy (non-hydrogen) atoms. The van der Waals surface area contributed by atoms with Crippen molar-refractivity contribution >= 4 is 29.6 Å². The minimum Gasteiger partial charge on any atom is -0.480 e. The second-order valence-corrected chi connectivity index (χ2v) is 18.6. The number of hydrogen-bond donors (Lipinski definition) is 3. The molecule has 13 nitrogen and oxygen atoms in total. The molecule has 1 aromatic carbocycles. The van der Waals surface area contributed by atoms with E-state index >= 15 is 0 Å². The third-order valence-corrected chi connectivity index (χ3v) is 13.1. The number of carbonyl (C=O) groups is 5. The molecule has 0 aromatic heterocycles. The van der Waals surface area contributed by atoms with Gasteiger partial charge >= 0.3 is 5.97 Å². The van der Waals surface area contributed by atoms with Crippen LogP contribution in [0.1, 0.15) is 138 Å². The average molecular weight is 872 g/mol. The summed E-state index contributed by atoms with van der Waals surface area (Å²) in [6.07, 6.45) is 10.5. The highest BCUT2D eigenvalue weighted by Gasteiger charge is 2.43. The minimum atomic E-state index is -1.13. The first-order valence-corrected chi connectivity index (χ1v) is 23.6. The molecule has 4 amide bonds. The predicted octanol–water partition coefficient (Wildman–Crippen LogP) is 6.96. The zero-order valence-corrected chi connectivity index (χ0v) is 40.5. The van der Waals surface area contributed by atoms with Crippen molar-refractivity contribution in [2.75, 3.05) is 41.4 Å². The van der Waals surface area contributed by atoms with Crippen LogP contribution in [0.3, 0.4) is 0 Å². The van der Waals surface area contributed by atoms with Gasteiger partial charge in [0.1, 0.15) is 12.1 Å². The van der Waals surface area contributed by atoms with Gasteiger partial charge in [-0.25, -0.2) is 4.79 Å². The molecular weight excluding hydrogens is 787 g/mol. The van der Waals surface area contributed by atoms with Crippen molar-refractivity contribution in [3.05, 3.63) is 35.9 Å². The summed E-state index contributed by atoms with van der Waals surface area (Å²) in [5, 5.41) is 15.8. The van der Waals surface area contributed by atoms with Crippen molar-refractivity contribution in [3.63, 3.8) is 0 Å². The second-order valence-electron chi connectivity index (χ2n) is 18.6. The number of unbranched alkanes of at least 4 members (excludes halogenated alkanes) is 7. The zero-order chi connectivity index (χ0) is 46.5. The molecular formula is C49H85N5O8. The summed E-state index contributed by atoms with van der Waals surface area (Å²) >= 11 is 0. The molecule has 1 heterocycles. The number of benzene rings is 1. The molecule has 354 valence electrons. The van der Waals surface area contributed by atoms with Crippen molar-refractivity contribution < 1.29 is 38.6 Å². The number of rotatable bonds is 30. The fraction of sp³-hybridized carbons (Fsp3) is 0.776. The smallest absolute Gasteiger partial charge is 0.326 e. The first-order valence-electron chi connectivity index (χ1n) is 23.6. The normalized spacial score (nSPS) is 18.2. The van der Waals surface area contributed by atoms with Crippen LogP contribution in [0.5, 0.6) is 0 Å². The summed E-state index contributed by atoms with van der Waals surface area (Å²) in [6.45, 7) is 17.3. The summed E-state index contributed by atoms with van der Waals surface area (Å²) in [5.74, 6) is -3.13. The van der Waals surface area contributed by atoms with E-state index in [1.165, 1.54) is 45.6 Å². The number of carboxylic acid groups (broad SMARTS) is 1. The molecule has 2 rings (SSSR count). The molecule has 9 atom stereocenters. The fourth-order valence-corrected chi connectivity index (χ4v) is 9.28. The Morgan fingerprint density at radius 2 is 1.44 bits per heavy atom. The fourth-order valence-electron chi connectivity index (χ4n) is 9.28. The van der Waals surface area contributed by atoms with Gasteiger partial charge in [-0.05, 0) is 56.2 Å². The van der Waals surface area contributed by atoms with Crippen molar-refractivity contribution in [3.8, 4) is 0 Å². The first-order chi connectivity index (χ1) is 29.4. The van der Waals surface area contributed by atoms with E-state index < -0.39 is 54.2 Å². The first kappa shape index (κ1) is 54.6. The van der Waals surface area contributed by atoms with Gasteiger partial charge in [0.25, 0.3) is 0 Å². The Hall–Kier alpha value is -3.55. The Bertz CT molecular complexity index is 1490. The number of nitrogens with one attached hydrogen (secondary N) is 2. The van der Waals surface area contributed by atoms with Gasteiger partial charge in [0.2, 0.25) is 23.6 Å². The number of aliphatic carboxylic acids is 1. The van der Waals surface area contributed by atoms with Crippen molar-refractivity contribution in [1.82, 2.24) is 25.3 Å². The minimum absolute atomic E-state index is 0.00748. The van der Waals surface area contributed by atoms with E-state index in [1.54, 1.807) is 30.9 Å². The van der Waals surface area contributed by atoms with E-state index in [1.807, 2.05) is 78.9 Å². The maximum Gasteiger partial charge on any atom is 0.326 e. The van der Waals surface area contributed by atoms with Crippen LogP contribution in [0.2, 0.25) is 0 Å².